The summed E-state index contributed by atoms with van der Waals surface area (Å²) >= 11 is 0. The zero-order chi connectivity index (χ0) is 16.1. The number of sulfone groups is 1. The Morgan fingerprint density at radius 2 is 1.90 bits per heavy atom. The Hall–Kier alpha value is -1.20. The fraction of sp³-hybridized carbons (Fsp3) is 0.455. The van der Waals surface area contributed by atoms with E-state index in [9.17, 15) is 16.8 Å². The van der Waals surface area contributed by atoms with Crippen molar-refractivity contribution in [3.05, 3.63) is 18.2 Å². The van der Waals surface area contributed by atoms with Crippen molar-refractivity contribution in [2.45, 2.75) is 16.7 Å². The molecule has 10 heteroatoms. The van der Waals surface area contributed by atoms with Gasteiger partial charge in [-0.15, -0.1) is 0 Å². The number of nitrogens with one attached hydrogen (secondary N) is 2. The van der Waals surface area contributed by atoms with Crippen molar-refractivity contribution in [1.29, 1.82) is 0 Å². The summed E-state index contributed by atoms with van der Waals surface area (Å²) in [6, 6.07) is 3.64. The molecule has 0 saturated heterocycles. The van der Waals surface area contributed by atoms with E-state index in [4.69, 9.17) is 10.6 Å². The van der Waals surface area contributed by atoms with Crippen LogP contribution in [0.25, 0.3) is 0 Å². The van der Waals surface area contributed by atoms with Crippen LogP contribution >= 0.6 is 0 Å². The Balaban J connectivity index is 3.14. The van der Waals surface area contributed by atoms with Crippen LogP contribution in [0, 0.1) is 0 Å². The van der Waals surface area contributed by atoms with Crippen LogP contribution < -0.4 is 16.0 Å². The Kier molecular flexibility index (Phi) is 6.10. The molecule has 21 heavy (non-hydrogen) atoms. The van der Waals surface area contributed by atoms with E-state index < -0.39 is 19.9 Å². The van der Waals surface area contributed by atoms with Gasteiger partial charge in [-0.1, -0.05) is 0 Å². The van der Waals surface area contributed by atoms with Crippen molar-refractivity contribution < 1.29 is 21.6 Å². The summed E-state index contributed by atoms with van der Waals surface area (Å²) in [5, 5.41) is 0. The van der Waals surface area contributed by atoms with E-state index in [0.29, 0.717) is 6.61 Å². The van der Waals surface area contributed by atoms with Crippen molar-refractivity contribution in [2.24, 2.45) is 5.84 Å². The normalized spacial score (nSPS) is 12.3. The molecule has 0 spiro atoms. The van der Waals surface area contributed by atoms with Gasteiger partial charge in [0.15, 0.2) is 9.84 Å². The quantitative estimate of drug-likeness (QED) is 0.337. The standard InChI is InChI=1S/C11H19N3O5S2/c1-3-19-7-6-13-21(17,18)11-8-9(20(2,15)16)4-5-10(11)14-12/h4-5,8,13-14H,3,6-7,12H2,1-2H3. The molecule has 1 aromatic carbocycles. The van der Waals surface area contributed by atoms with Gasteiger partial charge in [0, 0.05) is 19.4 Å². The van der Waals surface area contributed by atoms with Crippen LogP contribution in [0.3, 0.4) is 0 Å². The van der Waals surface area contributed by atoms with Gasteiger partial charge in [0.2, 0.25) is 10.0 Å². The van der Waals surface area contributed by atoms with Crippen LogP contribution in [0.5, 0.6) is 0 Å². The molecule has 8 nitrogen and oxygen atoms in total. The van der Waals surface area contributed by atoms with Crippen molar-refractivity contribution in [2.75, 3.05) is 31.4 Å². The lowest BCUT2D eigenvalue weighted by Gasteiger charge is -2.12. The number of ether oxygens (including phenoxy) is 1. The van der Waals surface area contributed by atoms with Crippen LogP contribution in [-0.2, 0) is 24.6 Å². The van der Waals surface area contributed by atoms with Gasteiger partial charge in [0.05, 0.1) is 17.2 Å². The van der Waals surface area contributed by atoms with E-state index in [1.54, 1.807) is 6.92 Å². The van der Waals surface area contributed by atoms with Gasteiger partial charge >= 0.3 is 0 Å². The molecule has 120 valence electrons. The largest absolute Gasteiger partial charge is 0.380 e. The highest BCUT2D eigenvalue weighted by Crippen LogP contribution is 2.24. The third-order valence-corrected chi connectivity index (χ3v) is 5.18. The molecule has 0 atom stereocenters. The monoisotopic (exact) mass is 337 g/mol. The first-order valence-electron chi connectivity index (χ1n) is 6.10. The summed E-state index contributed by atoms with van der Waals surface area (Å²) in [6.45, 7) is 2.55. The van der Waals surface area contributed by atoms with Gasteiger partial charge in [0.25, 0.3) is 0 Å². The molecule has 0 saturated carbocycles. The number of hydrazine groups is 1. The van der Waals surface area contributed by atoms with Gasteiger partial charge in [-0.05, 0) is 25.1 Å². The van der Waals surface area contributed by atoms with E-state index in [0.717, 1.165) is 12.3 Å². The van der Waals surface area contributed by atoms with Gasteiger partial charge < -0.3 is 10.2 Å². The minimum Gasteiger partial charge on any atom is -0.380 e. The Labute approximate surface area is 124 Å². The predicted octanol–water partition coefficient (Wildman–Crippen LogP) is -0.309. The van der Waals surface area contributed by atoms with E-state index in [1.165, 1.54) is 12.1 Å². The second-order valence-electron chi connectivity index (χ2n) is 4.17. The van der Waals surface area contributed by atoms with Crippen molar-refractivity contribution in [1.82, 2.24) is 4.72 Å². The molecule has 4 N–H and O–H groups in total. The van der Waals surface area contributed by atoms with Crippen molar-refractivity contribution in [3.8, 4) is 0 Å². The summed E-state index contributed by atoms with van der Waals surface area (Å²) in [4.78, 5) is -0.337. The highest BCUT2D eigenvalue weighted by Gasteiger charge is 2.21. The SMILES string of the molecule is CCOCCNS(=O)(=O)c1cc(S(C)(=O)=O)ccc1NN. The number of rotatable bonds is 8. The highest BCUT2D eigenvalue weighted by atomic mass is 32.2. The number of benzene rings is 1. The first-order valence-corrected chi connectivity index (χ1v) is 9.48. The molecule has 0 amide bonds. The zero-order valence-corrected chi connectivity index (χ0v) is 13.4. The lowest BCUT2D eigenvalue weighted by molar-refractivity contribution is 0.153. The fourth-order valence-electron chi connectivity index (χ4n) is 1.55. The highest BCUT2D eigenvalue weighted by molar-refractivity contribution is 7.91. The van der Waals surface area contributed by atoms with Crippen molar-refractivity contribution in [3.63, 3.8) is 0 Å². The van der Waals surface area contributed by atoms with Crippen LogP contribution in [0.1, 0.15) is 6.92 Å². The average molecular weight is 337 g/mol. The van der Waals surface area contributed by atoms with E-state index >= 15 is 0 Å². The van der Waals surface area contributed by atoms with Crippen LogP contribution in [0.2, 0.25) is 0 Å². The van der Waals surface area contributed by atoms with Crippen LogP contribution in [-0.4, -0.2) is 42.8 Å². The third kappa shape index (κ3) is 4.93. The van der Waals surface area contributed by atoms with Crippen LogP contribution in [0.4, 0.5) is 5.69 Å². The summed E-state index contributed by atoms with van der Waals surface area (Å²) in [6.07, 6.45) is 0.997. The molecule has 0 aromatic heterocycles. The third-order valence-electron chi connectivity index (χ3n) is 2.57. The second-order valence-corrected chi connectivity index (χ2v) is 7.92. The number of hydrogen-bond acceptors (Lipinski definition) is 7. The molecule has 1 rings (SSSR count). The molecule has 0 heterocycles. The molecule has 1 aromatic rings. The minimum atomic E-state index is -3.90. The van der Waals surface area contributed by atoms with Gasteiger partial charge in [-0.2, -0.15) is 0 Å². The lowest BCUT2D eigenvalue weighted by Crippen LogP contribution is -2.28. The number of nitrogen functional groups attached to an aromatic ring is 1. The molecule has 0 radical (unpaired) electrons. The number of sulfonamides is 1. The molecule has 0 aliphatic rings. The number of nitrogens with two attached hydrogens (primary N) is 1. The maximum absolute atomic E-state index is 12.2. The lowest BCUT2D eigenvalue weighted by atomic mass is 10.3. The van der Waals surface area contributed by atoms with Crippen LogP contribution in [0.15, 0.2) is 28.0 Å². The summed E-state index contributed by atoms with van der Waals surface area (Å²) in [7, 11) is -7.43. The molecular weight excluding hydrogens is 318 g/mol. The maximum atomic E-state index is 12.2. The summed E-state index contributed by atoms with van der Waals surface area (Å²) < 4.78 is 54.8. The smallest absolute Gasteiger partial charge is 0.242 e. The Bertz CT molecular complexity index is 686. The van der Waals surface area contributed by atoms with E-state index in [2.05, 4.69) is 10.1 Å². The fourth-order valence-corrected chi connectivity index (χ4v) is 3.47. The first-order chi connectivity index (χ1) is 9.72. The number of anilines is 1. The van der Waals surface area contributed by atoms with E-state index in [1.807, 2.05) is 0 Å². The zero-order valence-electron chi connectivity index (χ0n) is 11.8. The Morgan fingerprint density at radius 3 is 2.43 bits per heavy atom. The average Bonchev–Trinajstić information content (AvgIpc) is 2.42. The first kappa shape index (κ1) is 17.9. The predicted molar refractivity (Wildman–Crippen MR) is 79.0 cm³/mol. The molecule has 0 aliphatic carbocycles. The maximum Gasteiger partial charge on any atom is 0.242 e. The van der Waals surface area contributed by atoms with Gasteiger partial charge in [-0.25, -0.2) is 21.6 Å². The molecule has 0 fully saturated rings. The van der Waals surface area contributed by atoms with Crippen molar-refractivity contribution >= 4 is 25.5 Å². The molecule has 0 bridgehead atoms. The second kappa shape index (κ2) is 7.18. The Morgan fingerprint density at radius 1 is 1.24 bits per heavy atom. The summed E-state index contributed by atoms with van der Waals surface area (Å²) in [5.41, 5.74) is 2.34. The molecule has 0 aliphatic heterocycles. The number of hydrogen-bond donors (Lipinski definition) is 3. The van der Waals surface area contributed by atoms with Gasteiger partial charge in [0.1, 0.15) is 4.90 Å². The van der Waals surface area contributed by atoms with E-state index in [-0.39, 0.29) is 28.6 Å². The van der Waals surface area contributed by atoms with Gasteiger partial charge in [-0.3, -0.25) is 5.84 Å². The molecule has 0 unspecified atom stereocenters. The topological polar surface area (TPSA) is 128 Å². The molecular formula is C11H19N3O5S2. The minimum absolute atomic E-state index is 0.0727. The summed E-state index contributed by atoms with van der Waals surface area (Å²) in [5.74, 6) is 5.27.